The lowest BCUT2D eigenvalue weighted by atomic mass is 10.0. The number of anilines is 1. The lowest BCUT2D eigenvalue weighted by Gasteiger charge is -2.22. The minimum Gasteiger partial charge on any atom is -0.494 e. The molecule has 0 bridgehead atoms. The van der Waals surface area contributed by atoms with Crippen molar-refractivity contribution >= 4 is 21.5 Å². The highest BCUT2D eigenvalue weighted by Crippen LogP contribution is 2.36. The summed E-state index contributed by atoms with van der Waals surface area (Å²) in [7, 11) is -2.41. The molecule has 2 saturated heterocycles. The average Bonchev–Trinajstić information content (AvgIpc) is 3.46. The third-order valence-corrected chi connectivity index (χ3v) is 7.99. The highest BCUT2D eigenvalue weighted by atomic mass is 32.2. The fourth-order valence-electron chi connectivity index (χ4n) is 4.50. The largest absolute Gasteiger partial charge is 0.494 e. The number of sulfonamides is 1. The first kappa shape index (κ1) is 20.1. The second kappa shape index (κ2) is 7.41. The normalized spacial score (nSPS) is 21.7. The van der Waals surface area contributed by atoms with Gasteiger partial charge in [0.1, 0.15) is 5.82 Å². The van der Waals surface area contributed by atoms with Gasteiger partial charge in [0.15, 0.2) is 23.0 Å². The third kappa shape index (κ3) is 3.32. The van der Waals surface area contributed by atoms with Gasteiger partial charge in [-0.15, -0.1) is 15.3 Å². The van der Waals surface area contributed by atoms with Crippen LogP contribution in [0.2, 0.25) is 0 Å². The van der Waals surface area contributed by atoms with Crippen LogP contribution >= 0.6 is 0 Å². The van der Waals surface area contributed by atoms with E-state index in [1.807, 2.05) is 19.1 Å². The summed E-state index contributed by atoms with van der Waals surface area (Å²) in [5, 5.41) is 13.0. The maximum Gasteiger partial charge on any atom is 0.243 e. The van der Waals surface area contributed by atoms with Gasteiger partial charge in [0.2, 0.25) is 10.0 Å². The molecule has 0 saturated carbocycles. The molecule has 1 aromatic carbocycles. The summed E-state index contributed by atoms with van der Waals surface area (Å²) in [6.45, 7) is 4.26. The van der Waals surface area contributed by atoms with E-state index in [-0.39, 0.29) is 22.5 Å². The number of benzene rings is 1. The molecule has 0 radical (unpaired) electrons. The molecule has 2 atom stereocenters. The Balaban J connectivity index is 1.32. The Kier molecular flexibility index (Phi) is 4.82. The molecule has 0 amide bonds. The average molecular weight is 447 g/mol. The number of ether oxygens (including phenoxy) is 1. The molecule has 11 heteroatoms. The summed E-state index contributed by atoms with van der Waals surface area (Å²) in [4.78, 5) is 2.14. The van der Waals surface area contributed by atoms with E-state index in [1.165, 1.54) is 23.5 Å². The van der Waals surface area contributed by atoms with Gasteiger partial charge in [0.05, 0.1) is 12.0 Å². The molecule has 4 heterocycles. The Hall–Kier alpha value is -2.79. The molecule has 164 valence electrons. The Morgan fingerprint density at radius 1 is 1.10 bits per heavy atom. The van der Waals surface area contributed by atoms with Crippen LogP contribution in [0.1, 0.15) is 12.7 Å². The van der Waals surface area contributed by atoms with Crippen LogP contribution in [0, 0.1) is 17.7 Å². The van der Waals surface area contributed by atoms with Crippen molar-refractivity contribution in [3.05, 3.63) is 42.0 Å². The van der Waals surface area contributed by atoms with Gasteiger partial charge in [0, 0.05) is 32.6 Å². The standard InChI is InChI=1S/C20H23FN6O3S/c1-3-18-22-23-19-6-7-20(24-27(18)19)25-9-13-11-26(12-14(13)10-25)31(28,29)15-4-5-17(30-2)16(21)8-15/h4-8,13-14H,3,9-12H2,1-2H3. The van der Waals surface area contributed by atoms with Gasteiger partial charge in [0.25, 0.3) is 0 Å². The second-order valence-corrected chi connectivity index (χ2v) is 9.91. The smallest absolute Gasteiger partial charge is 0.243 e. The molecule has 2 unspecified atom stereocenters. The van der Waals surface area contributed by atoms with Gasteiger partial charge >= 0.3 is 0 Å². The SMILES string of the molecule is CCc1nnc2ccc(N3CC4CN(S(=O)(=O)c5ccc(OC)c(F)c5)CC4C3)nn12. The van der Waals surface area contributed by atoms with Crippen molar-refractivity contribution in [1.82, 2.24) is 24.1 Å². The molecule has 2 aromatic heterocycles. The fourth-order valence-corrected chi connectivity index (χ4v) is 6.07. The number of aromatic nitrogens is 4. The van der Waals surface area contributed by atoms with Gasteiger partial charge in [-0.1, -0.05) is 6.92 Å². The van der Waals surface area contributed by atoms with E-state index >= 15 is 0 Å². The van der Waals surface area contributed by atoms with Gasteiger partial charge in [-0.2, -0.15) is 8.82 Å². The van der Waals surface area contributed by atoms with Crippen LogP contribution in [0.3, 0.4) is 0 Å². The molecule has 31 heavy (non-hydrogen) atoms. The first-order valence-corrected chi connectivity index (χ1v) is 11.6. The Labute approximate surface area is 179 Å². The van der Waals surface area contributed by atoms with Gasteiger partial charge < -0.3 is 9.64 Å². The Morgan fingerprint density at radius 2 is 1.84 bits per heavy atom. The molecule has 9 nitrogen and oxygen atoms in total. The summed E-state index contributed by atoms with van der Waals surface area (Å²) < 4.78 is 48.2. The van der Waals surface area contributed by atoms with Crippen molar-refractivity contribution in [3.8, 4) is 5.75 Å². The van der Waals surface area contributed by atoms with Crippen LogP contribution in [-0.4, -0.2) is 65.8 Å². The number of hydrogen-bond donors (Lipinski definition) is 0. The van der Waals surface area contributed by atoms with Crippen LogP contribution in [0.25, 0.3) is 5.65 Å². The van der Waals surface area contributed by atoms with E-state index in [4.69, 9.17) is 4.74 Å². The number of aryl methyl sites for hydroxylation is 1. The molecule has 2 aliphatic rings. The molecule has 3 aromatic rings. The second-order valence-electron chi connectivity index (χ2n) is 7.97. The summed E-state index contributed by atoms with van der Waals surface area (Å²) in [5.41, 5.74) is 0.712. The van der Waals surface area contributed by atoms with Crippen LogP contribution in [0.5, 0.6) is 5.75 Å². The number of methoxy groups -OCH3 is 1. The minimum atomic E-state index is -3.76. The zero-order valence-electron chi connectivity index (χ0n) is 17.3. The summed E-state index contributed by atoms with van der Waals surface area (Å²) in [6.07, 6.45) is 0.738. The van der Waals surface area contributed by atoms with Crippen LogP contribution in [-0.2, 0) is 16.4 Å². The van der Waals surface area contributed by atoms with Crippen LogP contribution in [0.15, 0.2) is 35.2 Å². The molecule has 2 aliphatic heterocycles. The Bertz CT molecular complexity index is 1230. The number of nitrogens with zero attached hydrogens (tertiary/aromatic N) is 6. The van der Waals surface area contributed by atoms with Crippen molar-refractivity contribution in [2.45, 2.75) is 18.2 Å². The Morgan fingerprint density at radius 3 is 2.48 bits per heavy atom. The van der Waals surface area contributed by atoms with E-state index in [9.17, 15) is 12.8 Å². The molecular formula is C20H23FN6O3S. The number of halogens is 1. The molecular weight excluding hydrogens is 423 g/mol. The van der Waals surface area contributed by atoms with Gasteiger partial charge in [-0.05, 0) is 42.2 Å². The van der Waals surface area contributed by atoms with Crippen molar-refractivity contribution in [3.63, 3.8) is 0 Å². The zero-order chi connectivity index (χ0) is 21.8. The first-order valence-electron chi connectivity index (χ1n) is 10.2. The topological polar surface area (TPSA) is 92.9 Å². The zero-order valence-corrected chi connectivity index (χ0v) is 18.1. The van der Waals surface area contributed by atoms with E-state index < -0.39 is 15.8 Å². The number of hydrogen-bond acceptors (Lipinski definition) is 7. The van der Waals surface area contributed by atoms with E-state index in [1.54, 1.807) is 4.52 Å². The number of rotatable bonds is 5. The van der Waals surface area contributed by atoms with Crippen molar-refractivity contribution in [2.75, 3.05) is 38.2 Å². The maximum atomic E-state index is 14.0. The number of fused-ring (bicyclic) bond motifs is 2. The molecule has 2 fully saturated rings. The van der Waals surface area contributed by atoms with Crippen molar-refractivity contribution in [2.24, 2.45) is 11.8 Å². The predicted molar refractivity (Wildman–Crippen MR) is 111 cm³/mol. The fraction of sp³-hybridized carbons (Fsp3) is 0.450. The lowest BCUT2D eigenvalue weighted by Crippen LogP contribution is -2.33. The maximum absolute atomic E-state index is 14.0. The van der Waals surface area contributed by atoms with E-state index in [2.05, 4.69) is 20.2 Å². The highest BCUT2D eigenvalue weighted by molar-refractivity contribution is 7.89. The van der Waals surface area contributed by atoms with Gasteiger partial charge in [-0.25, -0.2) is 12.8 Å². The third-order valence-electron chi connectivity index (χ3n) is 6.17. The van der Waals surface area contributed by atoms with Crippen molar-refractivity contribution < 1.29 is 17.5 Å². The monoisotopic (exact) mass is 446 g/mol. The quantitative estimate of drug-likeness (QED) is 0.588. The minimum absolute atomic E-state index is 0.0247. The van der Waals surface area contributed by atoms with Gasteiger partial charge in [-0.3, -0.25) is 0 Å². The van der Waals surface area contributed by atoms with E-state index in [0.29, 0.717) is 18.7 Å². The molecule has 5 rings (SSSR count). The predicted octanol–water partition coefficient (Wildman–Crippen LogP) is 1.59. The molecule has 0 aliphatic carbocycles. The summed E-state index contributed by atoms with van der Waals surface area (Å²) in [5.74, 6) is 1.37. The summed E-state index contributed by atoms with van der Waals surface area (Å²) >= 11 is 0. The lowest BCUT2D eigenvalue weighted by molar-refractivity contribution is 0.385. The van der Waals surface area contributed by atoms with Crippen LogP contribution in [0.4, 0.5) is 10.2 Å². The highest BCUT2D eigenvalue weighted by Gasteiger charge is 2.44. The first-order chi connectivity index (χ1) is 14.9. The van der Waals surface area contributed by atoms with E-state index in [0.717, 1.165) is 37.2 Å². The molecule has 0 N–H and O–H groups in total. The molecule has 0 spiro atoms. The van der Waals surface area contributed by atoms with Crippen LogP contribution < -0.4 is 9.64 Å². The summed E-state index contributed by atoms with van der Waals surface area (Å²) in [6, 6.07) is 7.59. The van der Waals surface area contributed by atoms with Crippen molar-refractivity contribution in [1.29, 1.82) is 0 Å².